The minimum Gasteiger partial charge on any atom is -0.399 e. The van der Waals surface area contributed by atoms with E-state index in [-0.39, 0.29) is 18.3 Å². The van der Waals surface area contributed by atoms with E-state index < -0.39 is 0 Å². The summed E-state index contributed by atoms with van der Waals surface area (Å²) in [5.74, 6) is 1.17. The van der Waals surface area contributed by atoms with E-state index in [2.05, 4.69) is 100 Å². The summed E-state index contributed by atoms with van der Waals surface area (Å²) in [5.41, 5.74) is 8.52. The van der Waals surface area contributed by atoms with Gasteiger partial charge in [-0.1, -0.05) is 156 Å². The van der Waals surface area contributed by atoms with Crippen molar-refractivity contribution in [1.82, 2.24) is 29.9 Å². The van der Waals surface area contributed by atoms with Crippen LogP contribution < -0.4 is 5.46 Å². The minimum absolute atomic E-state index is 0.306. The largest absolute Gasteiger partial charge is 0.494 e. The highest BCUT2D eigenvalue weighted by molar-refractivity contribution is 6.62. The number of halogens is 3. The van der Waals surface area contributed by atoms with E-state index in [9.17, 15) is 0 Å². The summed E-state index contributed by atoms with van der Waals surface area (Å²) in [6.45, 7) is 8.27. The average Bonchev–Trinajstić information content (AvgIpc) is 3.50. The maximum Gasteiger partial charge on any atom is 0.494 e. The highest BCUT2D eigenvalue weighted by Gasteiger charge is 2.51. The topological polar surface area (TPSA) is 95.8 Å². The standard InChI is InChI=1S/C21H14ClN3.C17H20BNO2.C10H6Cl2N2/c22-20-13-19(24-21(25-20)17-5-2-1-3-6-17)16-10-8-15(9-11-16)18-7-4-12-23-14-18;1-16(2)17(3,4)21-18(20-16)15-9-7-13(8-10-15)14-6-5-11-19-12-14;11-8-6-9(12)14-10(13-8)7-4-2-1-3-5-7/h1-14H;5-12H,1-4H3;1-6H. The van der Waals surface area contributed by atoms with E-state index in [0.29, 0.717) is 27.1 Å². The van der Waals surface area contributed by atoms with Crippen LogP contribution in [0.4, 0.5) is 0 Å². The second kappa shape index (κ2) is 19.1. The molecule has 4 aromatic carbocycles. The Balaban J connectivity index is 0.000000142. The highest BCUT2D eigenvalue weighted by Crippen LogP contribution is 2.36. The van der Waals surface area contributed by atoms with Crippen molar-refractivity contribution in [3.8, 4) is 56.3 Å². The molecule has 8 nitrogen and oxygen atoms in total. The quantitative estimate of drug-likeness (QED) is 0.121. The molecule has 60 heavy (non-hydrogen) atoms. The van der Waals surface area contributed by atoms with Crippen molar-refractivity contribution in [2.75, 3.05) is 0 Å². The zero-order valence-corrected chi connectivity index (χ0v) is 35.6. The lowest BCUT2D eigenvalue weighted by Gasteiger charge is -2.32. The normalized spacial score (nSPS) is 13.7. The lowest BCUT2D eigenvalue weighted by atomic mass is 9.78. The first-order chi connectivity index (χ1) is 28.9. The molecule has 0 N–H and O–H groups in total. The molecule has 0 saturated carbocycles. The van der Waals surface area contributed by atoms with Crippen LogP contribution in [0.1, 0.15) is 27.7 Å². The molecule has 0 unspecified atom stereocenters. The second-order valence-electron chi connectivity index (χ2n) is 14.7. The van der Waals surface area contributed by atoms with E-state index >= 15 is 0 Å². The maximum atomic E-state index is 6.22. The fourth-order valence-corrected chi connectivity index (χ4v) is 6.71. The molecular formula is C48H40BCl3N6O2. The van der Waals surface area contributed by atoms with Gasteiger partial charge in [0.05, 0.1) is 16.9 Å². The Bertz CT molecular complexity index is 2590. The fourth-order valence-electron chi connectivity index (χ4n) is 6.10. The smallest absolute Gasteiger partial charge is 0.399 e. The Labute approximate surface area is 365 Å². The molecule has 1 fully saturated rings. The molecule has 8 aromatic rings. The lowest BCUT2D eigenvalue weighted by molar-refractivity contribution is 0.00578. The Morgan fingerprint density at radius 1 is 0.417 bits per heavy atom. The molecule has 0 atom stereocenters. The van der Waals surface area contributed by atoms with Gasteiger partial charge in [0, 0.05) is 53.6 Å². The van der Waals surface area contributed by atoms with Gasteiger partial charge in [-0.2, -0.15) is 0 Å². The monoisotopic (exact) mass is 848 g/mol. The first-order valence-corrected chi connectivity index (χ1v) is 20.3. The first kappa shape index (κ1) is 42.3. The molecule has 0 radical (unpaired) electrons. The minimum atomic E-state index is -0.307. The third-order valence-electron chi connectivity index (χ3n) is 10.0. The van der Waals surface area contributed by atoms with Crippen LogP contribution >= 0.6 is 34.8 Å². The van der Waals surface area contributed by atoms with Gasteiger partial charge in [-0.15, -0.1) is 0 Å². The van der Waals surface area contributed by atoms with Gasteiger partial charge in [-0.05, 0) is 67.5 Å². The molecule has 0 amide bonds. The number of benzene rings is 4. The van der Waals surface area contributed by atoms with Crippen LogP contribution in [-0.2, 0) is 9.31 Å². The SMILES string of the molecule is CC1(C)OB(c2ccc(-c3cccnc3)cc2)OC1(C)C.Clc1cc(-c2ccc(-c3cccnc3)cc2)nc(-c2ccccc2)n1.Clc1cc(Cl)nc(-c2ccccc2)n1. The Hall–Kier alpha value is -5.81. The number of pyridine rings is 2. The summed E-state index contributed by atoms with van der Waals surface area (Å²) in [6.07, 6.45) is 7.27. The number of hydrogen-bond donors (Lipinski definition) is 0. The van der Waals surface area contributed by atoms with E-state index in [1.807, 2.05) is 103 Å². The van der Waals surface area contributed by atoms with Crippen LogP contribution in [0, 0.1) is 0 Å². The molecule has 1 aliphatic rings. The zero-order chi connectivity index (χ0) is 42.1. The third kappa shape index (κ3) is 10.7. The van der Waals surface area contributed by atoms with Gasteiger partial charge in [0.2, 0.25) is 0 Å². The molecule has 0 bridgehead atoms. The van der Waals surface area contributed by atoms with Gasteiger partial charge < -0.3 is 9.31 Å². The van der Waals surface area contributed by atoms with Gasteiger partial charge in [-0.3, -0.25) is 9.97 Å². The fraction of sp³-hybridized carbons (Fsp3) is 0.125. The Morgan fingerprint density at radius 2 is 0.817 bits per heavy atom. The first-order valence-electron chi connectivity index (χ1n) is 19.2. The maximum absolute atomic E-state index is 6.22. The zero-order valence-electron chi connectivity index (χ0n) is 33.4. The Morgan fingerprint density at radius 3 is 1.27 bits per heavy atom. The molecule has 9 rings (SSSR count). The molecule has 4 aromatic heterocycles. The van der Waals surface area contributed by atoms with Crippen LogP contribution in [0.15, 0.2) is 170 Å². The molecule has 5 heterocycles. The molecular weight excluding hydrogens is 810 g/mol. The summed E-state index contributed by atoms with van der Waals surface area (Å²) < 4.78 is 12.1. The average molecular weight is 850 g/mol. The van der Waals surface area contributed by atoms with Crippen molar-refractivity contribution in [2.45, 2.75) is 38.9 Å². The summed E-state index contributed by atoms with van der Waals surface area (Å²) >= 11 is 17.7. The van der Waals surface area contributed by atoms with Crippen LogP contribution in [0.3, 0.4) is 0 Å². The van der Waals surface area contributed by atoms with Gasteiger partial charge in [-0.25, -0.2) is 19.9 Å². The van der Waals surface area contributed by atoms with Gasteiger partial charge >= 0.3 is 7.12 Å². The van der Waals surface area contributed by atoms with E-state index in [1.165, 1.54) is 6.07 Å². The summed E-state index contributed by atoms with van der Waals surface area (Å²) in [4.78, 5) is 25.5. The van der Waals surface area contributed by atoms with Crippen LogP contribution in [0.25, 0.3) is 56.3 Å². The second-order valence-corrected chi connectivity index (χ2v) is 15.9. The molecule has 0 aliphatic carbocycles. The van der Waals surface area contributed by atoms with Gasteiger partial charge in [0.15, 0.2) is 11.6 Å². The lowest BCUT2D eigenvalue weighted by Crippen LogP contribution is -2.41. The van der Waals surface area contributed by atoms with Crippen molar-refractivity contribution in [1.29, 1.82) is 0 Å². The summed E-state index contributed by atoms with van der Waals surface area (Å²) in [5, 5.41) is 1.13. The predicted molar refractivity (Wildman–Crippen MR) is 244 cm³/mol. The number of nitrogens with zero attached hydrogens (tertiary/aromatic N) is 6. The van der Waals surface area contributed by atoms with Crippen LogP contribution in [0.5, 0.6) is 0 Å². The highest BCUT2D eigenvalue weighted by atomic mass is 35.5. The van der Waals surface area contributed by atoms with Crippen molar-refractivity contribution in [3.63, 3.8) is 0 Å². The molecule has 298 valence electrons. The number of aromatic nitrogens is 6. The van der Waals surface area contributed by atoms with Crippen molar-refractivity contribution in [2.24, 2.45) is 0 Å². The third-order valence-corrected chi connectivity index (χ3v) is 10.6. The van der Waals surface area contributed by atoms with Crippen molar-refractivity contribution >= 4 is 47.4 Å². The van der Waals surface area contributed by atoms with E-state index in [0.717, 1.165) is 50.1 Å². The molecule has 12 heteroatoms. The summed E-state index contributed by atoms with van der Waals surface area (Å²) in [6, 6.07) is 47.1. The van der Waals surface area contributed by atoms with Crippen molar-refractivity contribution in [3.05, 3.63) is 186 Å². The van der Waals surface area contributed by atoms with E-state index in [1.54, 1.807) is 18.5 Å². The number of hydrogen-bond acceptors (Lipinski definition) is 8. The molecule has 1 saturated heterocycles. The Kier molecular flexibility index (Phi) is 13.4. The summed E-state index contributed by atoms with van der Waals surface area (Å²) in [7, 11) is -0.307. The van der Waals surface area contributed by atoms with Gasteiger partial charge in [0.1, 0.15) is 15.5 Å². The van der Waals surface area contributed by atoms with Gasteiger partial charge in [0.25, 0.3) is 0 Å². The predicted octanol–water partition coefficient (Wildman–Crippen LogP) is 12.0. The van der Waals surface area contributed by atoms with Crippen LogP contribution in [0.2, 0.25) is 15.5 Å². The van der Waals surface area contributed by atoms with Crippen LogP contribution in [-0.4, -0.2) is 48.2 Å². The molecule has 0 spiro atoms. The van der Waals surface area contributed by atoms with Crippen molar-refractivity contribution < 1.29 is 9.31 Å². The molecule has 1 aliphatic heterocycles. The van der Waals surface area contributed by atoms with E-state index in [4.69, 9.17) is 44.1 Å². The number of rotatable bonds is 6.